The minimum absolute atomic E-state index is 0.0896. The van der Waals surface area contributed by atoms with Gasteiger partial charge >= 0.3 is 5.97 Å². The number of nitrogens with zero attached hydrogens (tertiary/aromatic N) is 1. The molecule has 0 atom stereocenters. The first-order valence-corrected chi connectivity index (χ1v) is 7.84. The molecule has 1 heterocycles. The van der Waals surface area contributed by atoms with Crippen LogP contribution in [0.1, 0.15) is 12.8 Å². The van der Waals surface area contributed by atoms with Crippen LogP contribution in [0.4, 0.5) is 10.1 Å². The van der Waals surface area contributed by atoms with Gasteiger partial charge in [-0.2, -0.15) is 0 Å². The van der Waals surface area contributed by atoms with Gasteiger partial charge in [-0.15, -0.1) is 0 Å². The van der Waals surface area contributed by atoms with Crippen molar-refractivity contribution in [2.45, 2.75) is 12.8 Å². The maximum Gasteiger partial charge on any atom is 0.308 e. The summed E-state index contributed by atoms with van der Waals surface area (Å²) in [5.41, 5.74) is 0.164. The maximum atomic E-state index is 13.7. The van der Waals surface area contributed by atoms with E-state index in [0.717, 1.165) is 0 Å². The highest BCUT2D eigenvalue weighted by Crippen LogP contribution is 2.20. The van der Waals surface area contributed by atoms with Crippen LogP contribution in [0.2, 0.25) is 0 Å². The first-order valence-electron chi connectivity index (χ1n) is 7.04. The molecule has 1 fully saturated rings. The van der Waals surface area contributed by atoms with E-state index in [1.807, 2.05) is 4.90 Å². The number of benzene rings is 1. The lowest BCUT2D eigenvalue weighted by molar-refractivity contribution is -0.147. The summed E-state index contributed by atoms with van der Waals surface area (Å²) in [6.45, 7) is 1.48. The molecule has 1 N–H and O–H groups in total. The molecule has 22 heavy (non-hydrogen) atoms. The average molecular weight is 373 g/mol. The first kappa shape index (κ1) is 16.9. The molecule has 1 amide bonds. The zero-order valence-electron chi connectivity index (χ0n) is 12.3. The van der Waals surface area contributed by atoms with Crippen LogP contribution in [0.15, 0.2) is 22.7 Å². The highest BCUT2D eigenvalue weighted by Gasteiger charge is 2.26. The Labute approximate surface area is 136 Å². The van der Waals surface area contributed by atoms with E-state index in [0.29, 0.717) is 30.4 Å². The Balaban J connectivity index is 1.82. The Kier molecular flexibility index (Phi) is 5.90. The number of carbonyl (C=O) groups excluding carboxylic acids is 2. The Morgan fingerprint density at radius 3 is 2.68 bits per heavy atom. The molecule has 1 aliphatic heterocycles. The number of piperidine rings is 1. The van der Waals surface area contributed by atoms with E-state index in [9.17, 15) is 14.0 Å². The second-order valence-electron chi connectivity index (χ2n) is 5.25. The number of nitrogens with one attached hydrogen (secondary N) is 1. The van der Waals surface area contributed by atoms with Crippen molar-refractivity contribution in [3.05, 3.63) is 28.5 Å². The van der Waals surface area contributed by atoms with Gasteiger partial charge in [0.25, 0.3) is 0 Å². The van der Waals surface area contributed by atoms with E-state index >= 15 is 0 Å². The molecule has 5 nitrogen and oxygen atoms in total. The summed E-state index contributed by atoms with van der Waals surface area (Å²) in [6, 6.07) is 4.48. The van der Waals surface area contributed by atoms with Gasteiger partial charge in [-0.05, 0) is 44.1 Å². The third-order valence-electron chi connectivity index (χ3n) is 3.69. The Hall–Kier alpha value is -1.47. The van der Waals surface area contributed by atoms with E-state index in [1.54, 1.807) is 6.07 Å². The van der Waals surface area contributed by atoms with Gasteiger partial charge in [0.2, 0.25) is 5.91 Å². The summed E-state index contributed by atoms with van der Waals surface area (Å²) in [5.74, 6) is -1.03. The van der Waals surface area contributed by atoms with Gasteiger partial charge in [0, 0.05) is 4.47 Å². The third kappa shape index (κ3) is 4.51. The van der Waals surface area contributed by atoms with Crippen LogP contribution in [0.25, 0.3) is 0 Å². The summed E-state index contributed by atoms with van der Waals surface area (Å²) < 4.78 is 19.0. The van der Waals surface area contributed by atoms with Gasteiger partial charge in [0.1, 0.15) is 5.82 Å². The smallest absolute Gasteiger partial charge is 0.308 e. The summed E-state index contributed by atoms with van der Waals surface area (Å²) in [6.07, 6.45) is 1.35. The predicted octanol–water partition coefficient (Wildman–Crippen LogP) is 2.41. The van der Waals surface area contributed by atoms with Gasteiger partial charge in [-0.3, -0.25) is 14.5 Å². The second kappa shape index (κ2) is 7.69. The molecule has 1 aromatic rings. The molecule has 0 aliphatic carbocycles. The molecule has 1 saturated heterocycles. The van der Waals surface area contributed by atoms with Gasteiger partial charge in [0.15, 0.2) is 0 Å². The molecule has 120 valence electrons. The monoisotopic (exact) mass is 372 g/mol. The Morgan fingerprint density at radius 1 is 1.41 bits per heavy atom. The van der Waals surface area contributed by atoms with Crippen molar-refractivity contribution in [1.29, 1.82) is 0 Å². The molecule has 0 spiro atoms. The van der Waals surface area contributed by atoms with Crippen LogP contribution < -0.4 is 5.32 Å². The fourth-order valence-corrected chi connectivity index (χ4v) is 2.81. The van der Waals surface area contributed by atoms with Crippen molar-refractivity contribution in [3.8, 4) is 0 Å². The summed E-state index contributed by atoms with van der Waals surface area (Å²) in [7, 11) is 1.38. The van der Waals surface area contributed by atoms with Crippen LogP contribution in [0.5, 0.6) is 0 Å². The molecular formula is C15H18BrFN2O3. The number of halogens is 2. The molecule has 0 unspecified atom stereocenters. The number of methoxy groups -OCH3 is 1. The lowest BCUT2D eigenvalue weighted by Crippen LogP contribution is -2.41. The number of carbonyl (C=O) groups is 2. The van der Waals surface area contributed by atoms with Crippen LogP contribution in [0, 0.1) is 11.7 Å². The summed E-state index contributed by atoms with van der Waals surface area (Å²) >= 11 is 3.17. The summed E-state index contributed by atoms with van der Waals surface area (Å²) in [4.78, 5) is 25.4. The fraction of sp³-hybridized carbons (Fsp3) is 0.467. The number of amides is 1. The van der Waals surface area contributed by atoms with E-state index in [1.165, 1.54) is 19.2 Å². The fourth-order valence-electron chi connectivity index (χ4n) is 2.48. The van der Waals surface area contributed by atoms with Crippen molar-refractivity contribution in [1.82, 2.24) is 4.90 Å². The van der Waals surface area contributed by atoms with E-state index in [2.05, 4.69) is 21.2 Å². The Bertz CT molecular complexity index is 560. The lowest BCUT2D eigenvalue weighted by atomic mass is 9.97. The number of esters is 1. The molecular weight excluding hydrogens is 355 g/mol. The predicted molar refractivity (Wildman–Crippen MR) is 83.9 cm³/mol. The van der Waals surface area contributed by atoms with Crippen LogP contribution >= 0.6 is 15.9 Å². The molecule has 0 saturated carbocycles. The second-order valence-corrected chi connectivity index (χ2v) is 6.16. The Morgan fingerprint density at radius 2 is 2.09 bits per heavy atom. The van der Waals surface area contributed by atoms with Crippen molar-refractivity contribution in [2.75, 3.05) is 32.1 Å². The number of hydrogen-bond acceptors (Lipinski definition) is 4. The highest BCUT2D eigenvalue weighted by molar-refractivity contribution is 9.10. The van der Waals surface area contributed by atoms with Crippen LogP contribution in [-0.4, -0.2) is 43.5 Å². The van der Waals surface area contributed by atoms with Crippen molar-refractivity contribution >= 4 is 33.5 Å². The zero-order chi connectivity index (χ0) is 16.1. The molecule has 1 aromatic carbocycles. The van der Waals surface area contributed by atoms with E-state index < -0.39 is 5.82 Å². The zero-order valence-corrected chi connectivity index (χ0v) is 13.9. The number of ether oxygens (including phenoxy) is 1. The van der Waals surface area contributed by atoms with Crippen molar-refractivity contribution in [2.24, 2.45) is 5.92 Å². The largest absolute Gasteiger partial charge is 0.469 e. The average Bonchev–Trinajstić information content (AvgIpc) is 2.50. The number of hydrogen-bond donors (Lipinski definition) is 1. The molecule has 7 heteroatoms. The topological polar surface area (TPSA) is 58.6 Å². The third-order valence-corrected chi connectivity index (χ3v) is 4.19. The van der Waals surface area contributed by atoms with Gasteiger partial charge in [0.05, 0.1) is 25.3 Å². The number of likely N-dealkylation sites (tertiary alicyclic amines) is 1. The molecule has 1 aliphatic rings. The molecule has 0 aromatic heterocycles. The first-order chi connectivity index (χ1) is 10.5. The van der Waals surface area contributed by atoms with Crippen LogP contribution in [0.3, 0.4) is 0 Å². The standard InChI is InChI=1S/C15H18BrFN2O3/c1-22-15(21)10-4-6-19(7-5-10)9-14(20)18-13-3-2-11(16)8-12(13)17/h2-3,8,10H,4-7,9H2,1H3,(H,18,20). The van der Waals surface area contributed by atoms with E-state index in [-0.39, 0.29) is 30.0 Å². The lowest BCUT2D eigenvalue weighted by Gasteiger charge is -2.29. The maximum absolute atomic E-state index is 13.7. The summed E-state index contributed by atoms with van der Waals surface area (Å²) in [5, 5.41) is 2.56. The van der Waals surface area contributed by atoms with Gasteiger partial charge in [-0.25, -0.2) is 4.39 Å². The number of rotatable bonds is 4. The molecule has 0 bridgehead atoms. The molecule has 2 rings (SSSR count). The van der Waals surface area contributed by atoms with Crippen LogP contribution in [-0.2, 0) is 14.3 Å². The highest BCUT2D eigenvalue weighted by atomic mass is 79.9. The normalized spacial score (nSPS) is 16.3. The van der Waals surface area contributed by atoms with Gasteiger partial charge in [-0.1, -0.05) is 15.9 Å². The van der Waals surface area contributed by atoms with E-state index in [4.69, 9.17) is 4.74 Å². The minimum atomic E-state index is -0.480. The minimum Gasteiger partial charge on any atom is -0.469 e. The number of anilines is 1. The SMILES string of the molecule is COC(=O)C1CCN(CC(=O)Nc2ccc(Br)cc2F)CC1. The van der Waals surface area contributed by atoms with Crippen molar-refractivity contribution in [3.63, 3.8) is 0 Å². The van der Waals surface area contributed by atoms with Crippen molar-refractivity contribution < 1.29 is 18.7 Å². The quantitative estimate of drug-likeness (QED) is 0.824. The van der Waals surface area contributed by atoms with Gasteiger partial charge < -0.3 is 10.1 Å². The molecule has 0 radical (unpaired) electrons.